The van der Waals surface area contributed by atoms with Crippen LogP contribution in [-0.2, 0) is 0 Å². The smallest absolute Gasteiger partial charge is 0.0107 e. The van der Waals surface area contributed by atoms with E-state index < -0.39 is 0 Å². The third kappa shape index (κ3) is 7.53. The lowest BCUT2D eigenvalue weighted by molar-refractivity contribution is 0.301. The van der Waals surface area contributed by atoms with Gasteiger partial charge in [0, 0.05) is 37.7 Å². The zero-order valence-electron chi connectivity index (χ0n) is 10.8. The Bertz CT molecular complexity index is 147. The predicted molar refractivity (Wildman–Crippen MR) is 75.4 cm³/mol. The second-order valence-electron chi connectivity index (χ2n) is 4.62. The summed E-state index contributed by atoms with van der Waals surface area (Å²) < 4.78 is 0. The van der Waals surface area contributed by atoms with E-state index in [0.29, 0.717) is 0 Å². The van der Waals surface area contributed by atoms with E-state index in [1.165, 1.54) is 76.3 Å². The summed E-state index contributed by atoms with van der Waals surface area (Å²) in [5, 5.41) is 3.56. The van der Waals surface area contributed by atoms with E-state index in [0.717, 1.165) is 0 Å². The van der Waals surface area contributed by atoms with Gasteiger partial charge in [0.1, 0.15) is 0 Å². The first-order valence-electron chi connectivity index (χ1n) is 6.94. The van der Waals surface area contributed by atoms with Crippen LogP contribution in [0.25, 0.3) is 0 Å². The standard InChI is InChI=1S/C13H28N2S/c1-2-3-4-5-6-7-14-8-9-15-10-12-16-13-11-15/h14H,2-13H2,1H3. The lowest BCUT2D eigenvalue weighted by Crippen LogP contribution is -2.37. The van der Waals surface area contributed by atoms with Crippen LogP contribution in [0.3, 0.4) is 0 Å². The Labute approximate surface area is 106 Å². The maximum Gasteiger partial charge on any atom is 0.0107 e. The van der Waals surface area contributed by atoms with Gasteiger partial charge in [-0.2, -0.15) is 11.8 Å². The second-order valence-corrected chi connectivity index (χ2v) is 5.84. The molecule has 1 rings (SSSR count). The first kappa shape index (κ1) is 14.3. The minimum absolute atomic E-state index is 1.18. The zero-order valence-corrected chi connectivity index (χ0v) is 11.7. The first-order chi connectivity index (χ1) is 7.93. The molecular weight excluding hydrogens is 216 g/mol. The highest BCUT2D eigenvalue weighted by molar-refractivity contribution is 7.99. The minimum Gasteiger partial charge on any atom is -0.315 e. The van der Waals surface area contributed by atoms with Crippen LogP contribution < -0.4 is 5.32 Å². The number of nitrogens with one attached hydrogen (secondary N) is 1. The monoisotopic (exact) mass is 244 g/mol. The van der Waals surface area contributed by atoms with Gasteiger partial charge in [0.2, 0.25) is 0 Å². The largest absolute Gasteiger partial charge is 0.315 e. The van der Waals surface area contributed by atoms with Gasteiger partial charge in [-0.15, -0.1) is 0 Å². The highest BCUT2D eigenvalue weighted by Crippen LogP contribution is 2.07. The Balaban J connectivity index is 1.77. The molecule has 16 heavy (non-hydrogen) atoms. The molecule has 1 heterocycles. The summed E-state index contributed by atoms with van der Waals surface area (Å²) >= 11 is 2.09. The molecule has 0 bridgehead atoms. The number of hydrogen-bond donors (Lipinski definition) is 1. The fourth-order valence-electron chi connectivity index (χ4n) is 2.04. The second kappa shape index (κ2) is 10.4. The minimum atomic E-state index is 1.18. The molecule has 1 fully saturated rings. The topological polar surface area (TPSA) is 15.3 Å². The molecule has 0 aliphatic carbocycles. The van der Waals surface area contributed by atoms with E-state index in [1.807, 2.05) is 0 Å². The normalized spacial score (nSPS) is 17.8. The van der Waals surface area contributed by atoms with Crippen LogP contribution in [-0.4, -0.2) is 49.1 Å². The van der Waals surface area contributed by atoms with Gasteiger partial charge in [0.25, 0.3) is 0 Å². The van der Waals surface area contributed by atoms with Crippen LogP contribution in [0.2, 0.25) is 0 Å². The Morgan fingerprint density at radius 1 is 1.00 bits per heavy atom. The molecule has 1 aliphatic heterocycles. The van der Waals surface area contributed by atoms with Crippen molar-refractivity contribution in [2.24, 2.45) is 0 Å². The average Bonchev–Trinajstić information content (AvgIpc) is 2.34. The maximum absolute atomic E-state index is 3.56. The molecule has 0 aromatic carbocycles. The van der Waals surface area contributed by atoms with Crippen molar-refractivity contribution in [1.82, 2.24) is 10.2 Å². The Hall–Kier alpha value is 0.270. The Morgan fingerprint density at radius 3 is 2.50 bits per heavy atom. The molecule has 3 heteroatoms. The summed E-state index contributed by atoms with van der Waals surface area (Å²) in [7, 11) is 0. The summed E-state index contributed by atoms with van der Waals surface area (Å²) in [6, 6.07) is 0. The molecule has 1 saturated heterocycles. The van der Waals surface area contributed by atoms with Crippen LogP contribution >= 0.6 is 11.8 Å². The fourth-order valence-corrected chi connectivity index (χ4v) is 3.02. The quantitative estimate of drug-likeness (QED) is 0.628. The van der Waals surface area contributed by atoms with Crippen LogP contribution in [0.15, 0.2) is 0 Å². The van der Waals surface area contributed by atoms with Gasteiger partial charge in [-0.25, -0.2) is 0 Å². The molecule has 0 unspecified atom stereocenters. The van der Waals surface area contributed by atoms with E-state index in [2.05, 4.69) is 28.9 Å². The van der Waals surface area contributed by atoms with E-state index in [1.54, 1.807) is 0 Å². The first-order valence-corrected chi connectivity index (χ1v) is 8.09. The van der Waals surface area contributed by atoms with E-state index in [-0.39, 0.29) is 0 Å². The number of rotatable bonds is 9. The maximum atomic E-state index is 3.56. The van der Waals surface area contributed by atoms with Crippen molar-refractivity contribution in [3.05, 3.63) is 0 Å². The SMILES string of the molecule is CCCCCCCNCCN1CCSCC1. The highest BCUT2D eigenvalue weighted by atomic mass is 32.2. The third-order valence-electron chi connectivity index (χ3n) is 3.17. The lowest BCUT2D eigenvalue weighted by atomic mass is 10.1. The number of thioether (sulfide) groups is 1. The van der Waals surface area contributed by atoms with E-state index in [4.69, 9.17) is 0 Å². The molecular formula is C13H28N2S. The molecule has 0 spiro atoms. The molecule has 1 N–H and O–H groups in total. The average molecular weight is 244 g/mol. The van der Waals surface area contributed by atoms with Gasteiger partial charge < -0.3 is 10.2 Å². The molecule has 0 atom stereocenters. The van der Waals surface area contributed by atoms with Crippen molar-refractivity contribution >= 4 is 11.8 Å². The Morgan fingerprint density at radius 2 is 1.75 bits per heavy atom. The summed E-state index contributed by atoms with van der Waals surface area (Å²) in [5.74, 6) is 2.66. The van der Waals surface area contributed by atoms with Crippen LogP contribution in [0, 0.1) is 0 Å². The molecule has 1 aliphatic rings. The van der Waals surface area contributed by atoms with Gasteiger partial charge in [0.05, 0.1) is 0 Å². The van der Waals surface area contributed by atoms with Crippen molar-refractivity contribution in [2.75, 3.05) is 44.2 Å². The third-order valence-corrected chi connectivity index (χ3v) is 4.11. The number of unbranched alkanes of at least 4 members (excludes halogenated alkanes) is 4. The highest BCUT2D eigenvalue weighted by Gasteiger charge is 2.08. The summed E-state index contributed by atoms with van der Waals surface area (Å²) in [6.07, 6.45) is 6.93. The van der Waals surface area contributed by atoms with E-state index in [9.17, 15) is 0 Å². The number of hydrogen-bond acceptors (Lipinski definition) is 3. The van der Waals surface area contributed by atoms with Gasteiger partial charge >= 0.3 is 0 Å². The molecule has 0 aromatic heterocycles. The summed E-state index contributed by atoms with van der Waals surface area (Å²) in [6.45, 7) is 8.50. The molecule has 96 valence electrons. The fraction of sp³-hybridized carbons (Fsp3) is 1.00. The summed E-state index contributed by atoms with van der Waals surface area (Å²) in [5.41, 5.74) is 0. The molecule has 0 saturated carbocycles. The van der Waals surface area contributed by atoms with Crippen molar-refractivity contribution in [3.63, 3.8) is 0 Å². The van der Waals surface area contributed by atoms with E-state index >= 15 is 0 Å². The van der Waals surface area contributed by atoms with Gasteiger partial charge in [-0.1, -0.05) is 32.6 Å². The predicted octanol–water partition coefficient (Wildman–Crippen LogP) is 2.60. The van der Waals surface area contributed by atoms with Gasteiger partial charge in [0.15, 0.2) is 0 Å². The van der Waals surface area contributed by atoms with Crippen molar-refractivity contribution in [1.29, 1.82) is 0 Å². The molecule has 0 radical (unpaired) electrons. The van der Waals surface area contributed by atoms with Gasteiger partial charge in [-0.05, 0) is 13.0 Å². The molecule has 0 aromatic rings. The summed E-state index contributed by atoms with van der Waals surface area (Å²) in [4.78, 5) is 2.58. The van der Waals surface area contributed by atoms with Crippen LogP contribution in [0.5, 0.6) is 0 Å². The van der Waals surface area contributed by atoms with Crippen molar-refractivity contribution < 1.29 is 0 Å². The number of nitrogens with zero attached hydrogens (tertiary/aromatic N) is 1. The van der Waals surface area contributed by atoms with Crippen LogP contribution in [0.1, 0.15) is 39.0 Å². The van der Waals surface area contributed by atoms with Crippen LogP contribution in [0.4, 0.5) is 0 Å². The zero-order chi connectivity index (χ0) is 11.5. The van der Waals surface area contributed by atoms with Crippen molar-refractivity contribution in [3.8, 4) is 0 Å². The lowest BCUT2D eigenvalue weighted by Gasteiger charge is -2.26. The van der Waals surface area contributed by atoms with Crippen molar-refractivity contribution in [2.45, 2.75) is 39.0 Å². The Kier molecular flexibility index (Phi) is 9.34. The molecule has 0 amide bonds. The van der Waals surface area contributed by atoms with Gasteiger partial charge in [-0.3, -0.25) is 0 Å². The molecule has 2 nitrogen and oxygen atoms in total.